The van der Waals surface area contributed by atoms with Gasteiger partial charge in [0.15, 0.2) is 5.82 Å². The number of nitrogens with zero attached hydrogens (tertiary/aromatic N) is 3. The van der Waals surface area contributed by atoms with Gasteiger partial charge in [0.25, 0.3) is 0 Å². The molecular formula is C19H26N4O2. The second kappa shape index (κ2) is 7.68. The van der Waals surface area contributed by atoms with Crippen molar-refractivity contribution < 1.29 is 9.53 Å². The molecule has 0 aliphatic carbocycles. The Morgan fingerprint density at radius 3 is 2.88 bits per heavy atom. The summed E-state index contributed by atoms with van der Waals surface area (Å²) in [6.07, 6.45) is 3.39. The molecule has 1 aromatic carbocycles. The molecule has 1 fully saturated rings. The lowest BCUT2D eigenvalue weighted by Crippen LogP contribution is -2.40. The van der Waals surface area contributed by atoms with E-state index in [0.717, 1.165) is 48.8 Å². The number of aromatic amines is 1. The van der Waals surface area contributed by atoms with Crippen LogP contribution in [0.15, 0.2) is 24.3 Å². The number of H-pyrrole nitrogens is 1. The molecule has 0 bridgehead atoms. The second-order valence-electron chi connectivity index (χ2n) is 6.82. The van der Waals surface area contributed by atoms with Crippen LogP contribution in [0.5, 0.6) is 5.75 Å². The molecule has 25 heavy (non-hydrogen) atoms. The number of carbonyl (C=O) groups is 1. The van der Waals surface area contributed by atoms with E-state index >= 15 is 0 Å². The van der Waals surface area contributed by atoms with E-state index in [0.29, 0.717) is 6.42 Å². The number of carbonyl (C=O) groups excluding carboxylic acids is 1. The Kier molecular flexibility index (Phi) is 5.36. The number of para-hydroxylation sites is 1. The van der Waals surface area contributed by atoms with Gasteiger partial charge in [0, 0.05) is 18.0 Å². The Morgan fingerprint density at radius 2 is 2.16 bits per heavy atom. The van der Waals surface area contributed by atoms with Gasteiger partial charge in [0.1, 0.15) is 11.6 Å². The molecule has 134 valence electrons. The number of amides is 1. The van der Waals surface area contributed by atoms with Crippen LogP contribution in [0.3, 0.4) is 0 Å². The number of hydrogen-bond acceptors (Lipinski definition) is 4. The molecule has 1 N–H and O–H groups in total. The van der Waals surface area contributed by atoms with E-state index in [2.05, 4.69) is 29.0 Å². The van der Waals surface area contributed by atoms with Gasteiger partial charge >= 0.3 is 0 Å². The molecule has 6 nitrogen and oxygen atoms in total. The van der Waals surface area contributed by atoms with Crippen LogP contribution in [-0.2, 0) is 11.2 Å². The van der Waals surface area contributed by atoms with Gasteiger partial charge in [0.05, 0.1) is 19.6 Å². The largest absolute Gasteiger partial charge is 0.496 e. The van der Waals surface area contributed by atoms with Gasteiger partial charge in [-0.05, 0) is 25.3 Å². The van der Waals surface area contributed by atoms with Crippen molar-refractivity contribution in [2.24, 2.45) is 0 Å². The van der Waals surface area contributed by atoms with Crippen molar-refractivity contribution in [3.8, 4) is 5.75 Å². The van der Waals surface area contributed by atoms with Crippen molar-refractivity contribution in [3.63, 3.8) is 0 Å². The summed E-state index contributed by atoms with van der Waals surface area (Å²) in [4.78, 5) is 19.5. The molecule has 0 spiro atoms. The molecule has 1 saturated heterocycles. The van der Waals surface area contributed by atoms with Gasteiger partial charge in [0.2, 0.25) is 5.91 Å². The molecule has 0 saturated carbocycles. The number of piperidine rings is 1. The van der Waals surface area contributed by atoms with E-state index < -0.39 is 0 Å². The summed E-state index contributed by atoms with van der Waals surface area (Å²) in [5, 5.41) is 7.35. The van der Waals surface area contributed by atoms with Crippen molar-refractivity contribution in [1.82, 2.24) is 20.1 Å². The van der Waals surface area contributed by atoms with E-state index in [9.17, 15) is 4.79 Å². The first-order valence-electron chi connectivity index (χ1n) is 8.93. The average molecular weight is 342 g/mol. The molecule has 1 amide bonds. The molecule has 1 aliphatic heterocycles. The fourth-order valence-electron chi connectivity index (χ4n) is 3.32. The molecule has 2 heterocycles. The maximum Gasteiger partial charge on any atom is 0.227 e. The van der Waals surface area contributed by atoms with Crippen LogP contribution in [0, 0.1) is 0 Å². The third kappa shape index (κ3) is 3.83. The van der Waals surface area contributed by atoms with Gasteiger partial charge < -0.3 is 9.64 Å². The summed E-state index contributed by atoms with van der Waals surface area (Å²) < 4.78 is 5.38. The van der Waals surface area contributed by atoms with Crippen molar-refractivity contribution >= 4 is 5.91 Å². The Labute approximate surface area is 148 Å². The zero-order valence-electron chi connectivity index (χ0n) is 15.2. The third-order valence-electron chi connectivity index (χ3n) is 4.71. The van der Waals surface area contributed by atoms with Crippen molar-refractivity contribution in [1.29, 1.82) is 0 Å². The highest BCUT2D eigenvalue weighted by Gasteiger charge is 2.30. The van der Waals surface area contributed by atoms with E-state index in [1.807, 2.05) is 29.2 Å². The first kappa shape index (κ1) is 17.5. The molecule has 1 unspecified atom stereocenters. The Balaban J connectivity index is 1.79. The second-order valence-corrected chi connectivity index (χ2v) is 6.82. The van der Waals surface area contributed by atoms with Gasteiger partial charge in [-0.3, -0.25) is 9.89 Å². The smallest absolute Gasteiger partial charge is 0.227 e. The van der Waals surface area contributed by atoms with Gasteiger partial charge in [-0.15, -0.1) is 0 Å². The monoisotopic (exact) mass is 342 g/mol. The molecule has 6 heteroatoms. The number of methoxy groups -OCH3 is 1. The lowest BCUT2D eigenvalue weighted by Gasteiger charge is -2.34. The van der Waals surface area contributed by atoms with Crippen LogP contribution in [0.25, 0.3) is 0 Å². The zero-order valence-corrected chi connectivity index (χ0v) is 15.2. The lowest BCUT2D eigenvalue weighted by molar-refractivity contribution is -0.134. The number of nitrogens with one attached hydrogen (secondary N) is 1. The van der Waals surface area contributed by atoms with E-state index in [1.165, 1.54) is 0 Å². The summed E-state index contributed by atoms with van der Waals surface area (Å²) in [5.74, 6) is 2.74. The number of benzene rings is 1. The minimum atomic E-state index is -0.0176. The summed E-state index contributed by atoms with van der Waals surface area (Å²) in [5.41, 5.74) is 0.916. The topological polar surface area (TPSA) is 71.1 Å². The zero-order chi connectivity index (χ0) is 17.8. The Bertz CT molecular complexity index is 726. The number of ether oxygens (including phenoxy) is 1. The van der Waals surface area contributed by atoms with Gasteiger partial charge in [-0.25, -0.2) is 4.98 Å². The van der Waals surface area contributed by atoms with Crippen LogP contribution in [0.4, 0.5) is 0 Å². The molecule has 2 aromatic rings. The molecular weight excluding hydrogens is 316 g/mol. The summed E-state index contributed by atoms with van der Waals surface area (Å²) >= 11 is 0. The molecule has 1 aliphatic rings. The number of rotatable bonds is 5. The molecule has 1 aromatic heterocycles. The number of aromatic nitrogens is 3. The summed E-state index contributed by atoms with van der Waals surface area (Å²) in [6.45, 7) is 4.90. The first-order valence-corrected chi connectivity index (χ1v) is 8.93. The van der Waals surface area contributed by atoms with Crippen LogP contribution in [0.1, 0.15) is 62.3 Å². The maximum atomic E-state index is 13.0. The maximum absolute atomic E-state index is 13.0. The van der Waals surface area contributed by atoms with Gasteiger partial charge in [-0.1, -0.05) is 32.0 Å². The molecule has 0 radical (unpaired) electrons. The Morgan fingerprint density at radius 1 is 1.36 bits per heavy atom. The SMILES string of the molecule is COc1ccccc1CC(=O)N1CCCCC1c1nc(C(C)C)n[nH]1. The number of likely N-dealkylation sites (tertiary alicyclic amines) is 1. The summed E-state index contributed by atoms with van der Waals surface area (Å²) in [7, 11) is 1.63. The van der Waals surface area contributed by atoms with E-state index in [1.54, 1.807) is 7.11 Å². The summed E-state index contributed by atoms with van der Waals surface area (Å²) in [6, 6.07) is 7.67. The lowest BCUT2D eigenvalue weighted by atomic mass is 10.00. The van der Waals surface area contributed by atoms with Gasteiger partial charge in [-0.2, -0.15) is 5.10 Å². The quantitative estimate of drug-likeness (QED) is 0.905. The minimum absolute atomic E-state index is 0.0176. The molecule has 1 atom stereocenters. The first-order chi connectivity index (χ1) is 12.1. The van der Waals surface area contributed by atoms with Crippen LogP contribution >= 0.6 is 0 Å². The van der Waals surface area contributed by atoms with Crippen molar-refractivity contribution in [2.45, 2.75) is 51.5 Å². The molecule has 3 rings (SSSR count). The van der Waals surface area contributed by atoms with Crippen LogP contribution in [0.2, 0.25) is 0 Å². The number of hydrogen-bond donors (Lipinski definition) is 1. The van der Waals surface area contributed by atoms with E-state index in [-0.39, 0.29) is 17.9 Å². The average Bonchev–Trinajstić information content (AvgIpc) is 3.12. The highest BCUT2D eigenvalue weighted by atomic mass is 16.5. The van der Waals surface area contributed by atoms with Crippen molar-refractivity contribution in [3.05, 3.63) is 41.5 Å². The highest BCUT2D eigenvalue weighted by molar-refractivity contribution is 5.80. The Hall–Kier alpha value is -2.37. The standard InChI is InChI=1S/C19H26N4O2/c1-13(2)18-20-19(22-21-18)15-9-6-7-11-23(15)17(24)12-14-8-4-5-10-16(14)25-3/h4-5,8,10,13,15H,6-7,9,11-12H2,1-3H3,(H,20,21,22). The predicted molar refractivity (Wildman–Crippen MR) is 95.5 cm³/mol. The fraction of sp³-hybridized carbons (Fsp3) is 0.526. The van der Waals surface area contributed by atoms with Crippen LogP contribution in [-0.4, -0.2) is 39.6 Å². The van der Waals surface area contributed by atoms with E-state index in [4.69, 9.17) is 4.74 Å². The normalized spacial score (nSPS) is 17.8. The predicted octanol–water partition coefficient (Wildman–Crippen LogP) is 3.23. The minimum Gasteiger partial charge on any atom is -0.496 e. The van der Waals surface area contributed by atoms with Crippen LogP contribution < -0.4 is 4.74 Å². The third-order valence-corrected chi connectivity index (χ3v) is 4.71. The van der Waals surface area contributed by atoms with Crippen molar-refractivity contribution in [2.75, 3.05) is 13.7 Å². The fourth-order valence-corrected chi connectivity index (χ4v) is 3.32. The highest BCUT2D eigenvalue weighted by Crippen LogP contribution is 2.30.